The summed E-state index contributed by atoms with van der Waals surface area (Å²) in [6.45, 7) is 3.93. The summed E-state index contributed by atoms with van der Waals surface area (Å²) in [6, 6.07) is 2.02. The van der Waals surface area contributed by atoms with Crippen LogP contribution in [0, 0.1) is 13.8 Å². The van der Waals surface area contributed by atoms with Crippen molar-refractivity contribution in [2.45, 2.75) is 13.8 Å². The van der Waals surface area contributed by atoms with Crippen molar-refractivity contribution in [1.29, 1.82) is 0 Å². The molecule has 3 heterocycles. The van der Waals surface area contributed by atoms with Crippen molar-refractivity contribution in [2.75, 3.05) is 5.73 Å². The predicted molar refractivity (Wildman–Crippen MR) is 72.3 cm³/mol. The minimum atomic E-state index is 0.494. The zero-order chi connectivity index (χ0) is 12.9. The van der Waals surface area contributed by atoms with Crippen LogP contribution >= 0.6 is 0 Å². The van der Waals surface area contributed by atoms with E-state index in [9.17, 15) is 0 Å². The SMILES string of the molecule is Cc1oc(N)c(C)c1-c1cn(C)c2cnccc12. The molecule has 4 nitrogen and oxygen atoms in total. The van der Waals surface area contributed by atoms with E-state index in [-0.39, 0.29) is 0 Å². The lowest BCUT2D eigenvalue weighted by Gasteiger charge is -1.98. The monoisotopic (exact) mass is 241 g/mol. The fraction of sp³-hybridized carbons (Fsp3) is 0.214. The number of pyridine rings is 1. The van der Waals surface area contributed by atoms with Crippen molar-refractivity contribution in [3.05, 3.63) is 36.0 Å². The average Bonchev–Trinajstić information content (AvgIpc) is 2.79. The third-order valence-electron chi connectivity index (χ3n) is 3.42. The zero-order valence-corrected chi connectivity index (χ0v) is 10.7. The van der Waals surface area contributed by atoms with E-state index < -0.39 is 0 Å². The Morgan fingerprint density at radius 2 is 2.11 bits per heavy atom. The van der Waals surface area contributed by atoms with E-state index in [4.69, 9.17) is 10.2 Å². The summed E-state index contributed by atoms with van der Waals surface area (Å²) in [5.41, 5.74) is 10.2. The van der Waals surface area contributed by atoms with Crippen LogP contribution in [0.15, 0.2) is 29.1 Å². The van der Waals surface area contributed by atoms with Crippen LogP contribution < -0.4 is 5.73 Å². The summed E-state index contributed by atoms with van der Waals surface area (Å²) < 4.78 is 7.58. The van der Waals surface area contributed by atoms with Gasteiger partial charge in [-0.2, -0.15) is 0 Å². The van der Waals surface area contributed by atoms with E-state index in [0.717, 1.165) is 28.0 Å². The molecule has 4 heteroatoms. The third-order valence-corrected chi connectivity index (χ3v) is 3.42. The quantitative estimate of drug-likeness (QED) is 0.712. The van der Waals surface area contributed by atoms with Gasteiger partial charge in [-0.1, -0.05) is 0 Å². The summed E-state index contributed by atoms with van der Waals surface area (Å²) in [5.74, 6) is 1.35. The molecule has 0 amide bonds. The number of nitrogens with zero attached hydrogens (tertiary/aromatic N) is 2. The van der Waals surface area contributed by atoms with Gasteiger partial charge in [0.1, 0.15) is 5.76 Å². The molecule has 0 aliphatic carbocycles. The molecular formula is C14H15N3O. The van der Waals surface area contributed by atoms with Crippen LogP contribution in [0.5, 0.6) is 0 Å². The molecule has 3 aromatic rings. The van der Waals surface area contributed by atoms with E-state index >= 15 is 0 Å². The molecule has 0 saturated heterocycles. The molecule has 3 aromatic heterocycles. The molecule has 0 aliphatic heterocycles. The molecular weight excluding hydrogens is 226 g/mol. The number of hydrogen-bond acceptors (Lipinski definition) is 3. The predicted octanol–water partition coefficient (Wildman–Crippen LogP) is 3.03. The highest BCUT2D eigenvalue weighted by molar-refractivity contribution is 5.97. The fourth-order valence-corrected chi connectivity index (χ4v) is 2.50. The summed E-state index contributed by atoms with van der Waals surface area (Å²) in [5, 5.41) is 1.17. The number of nitrogen functional groups attached to an aromatic ring is 1. The highest BCUT2D eigenvalue weighted by atomic mass is 16.4. The maximum Gasteiger partial charge on any atom is 0.194 e. The Bertz CT molecular complexity index is 737. The van der Waals surface area contributed by atoms with E-state index in [1.807, 2.05) is 33.2 Å². The molecule has 0 bridgehead atoms. The molecule has 0 spiro atoms. The van der Waals surface area contributed by atoms with Crippen LogP contribution in [0.4, 0.5) is 5.88 Å². The number of aromatic nitrogens is 2. The van der Waals surface area contributed by atoms with Gasteiger partial charge in [-0.15, -0.1) is 0 Å². The molecule has 0 radical (unpaired) electrons. The maximum absolute atomic E-state index is 5.84. The number of hydrogen-bond donors (Lipinski definition) is 1. The Morgan fingerprint density at radius 1 is 1.33 bits per heavy atom. The Labute approximate surface area is 105 Å². The van der Waals surface area contributed by atoms with E-state index in [1.54, 1.807) is 6.20 Å². The number of furan rings is 1. The molecule has 92 valence electrons. The highest BCUT2D eigenvalue weighted by Gasteiger charge is 2.17. The largest absolute Gasteiger partial charge is 0.445 e. The molecule has 0 atom stereocenters. The first kappa shape index (κ1) is 10.9. The Hall–Kier alpha value is -2.23. The van der Waals surface area contributed by atoms with Gasteiger partial charge in [0.2, 0.25) is 0 Å². The van der Waals surface area contributed by atoms with Crippen molar-refractivity contribution in [3.63, 3.8) is 0 Å². The molecule has 18 heavy (non-hydrogen) atoms. The Kier molecular flexibility index (Phi) is 2.20. The second-order valence-electron chi connectivity index (χ2n) is 4.57. The lowest BCUT2D eigenvalue weighted by atomic mass is 10.0. The summed E-state index contributed by atoms with van der Waals surface area (Å²) in [7, 11) is 2.02. The first-order valence-electron chi connectivity index (χ1n) is 5.84. The molecule has 0 unspecified atom stereocenters. The van der Waals surface area contributed by atoms with Crippen molar-refractivity contribution in [2.24, 2.45) is 7.05 Å². The van der Waals surface area contributed by atoms with Gasteiger partial charge in [-0.25, -0.2) is 0 Å². The number of rotatable bonds is 1. The van der Waals surface area contributed by atoms with Crippen LogP contribution in [0.3, 0.4) is 0 Å². The van der Waals surface area contributed by atoms with Crippen LogP contribution in [0.25, 0.3) is 22.0 Å². The van der Waals surface area contributed by atoms with Crippen molar-refractivity contribution in [3.8, 4) is 11.1 Å². The van der Waals surface area contributed by atoms with Crippen LogP contribution in [0.2, 0.25) is 0 Å². The fourth-order valence-electron chi connectivity index (χ4n) is 2.50. The van der Waals surface area contributed by atoms with E-state index in [1.165, 1.54) is 5.39 Å². The second kappa shape index (κ2) is 3.63. The van der Waals surface area contributed by atoms with Crippen molar-refractivity contribution in [1.82, 2.24) is 9.55 Å². The van der Waals surface area contributed by atoms with Gasteiger partial charge in [0, 0.05) is 41.5 Å². The molecule has 2 N–H and O–H groups in total. The van der Waals surface area contributed by atoms with E-state index in [2.05, 4.69) is 15.7 Å². The van der Waals surface area contributed by atoms with Crippen LogP contribution in [-0.4, -0.2) is 9.55 Å². The number of anilines is 1. The van der Waals surface area contributed by atoms with Gasteiger partial charge in [0.05, 0.1) is 11.7 Å². The van der Waals surface area contributed by atoms with Crippen molar-refractivity contribution >= 4 is 16.8 Å². The van der Waals surface area contributed by atoms with Gasteiger partial charge in [0.25, 0.3) is 0 Å². The van der Waals surface area contributed by atoms with E-state index in [0.29, 0.717) is 5.88 Å². The lowest BCUT2D eigenvalue weighted by Crippen LogP contribution is -1.84. The molecule has 3 rings (SSSR count). The highest BCUT2D eigenvalue weighted by Crippen LogP contribution is 2.37. The van der Waals surface area contributed by atoms with Crippen molar-refractivity contribution < 1.29 is 4.42 Å². The zero-order valence-electron chi connectivity index (χ0n) is 10.7. The summed E-state index contributed by atoms with van der Waals surface area (Å²) in [4.78, 5) is 4.16. The van der Waals surface area contributed by atoms with Crippen LogP contribution in [0.1, 0.15) is 11.3 Å². The standard InChI is InChI=1S/C14H15N3O/c1-8-13(9(2)18-14(8)15)11-7-17(3)12-6-16-5-4-10(11)12/h4-7H,15H2,1-3H3. The third kappa shape index (κ3) is 1.35. The van der Waals surface area contributed by atoms with Gasteiger partial charge >= 0.3 is 0 Å². The first-order valence-corrected chi connectivity index (χ1v) is 5.84. The maximum atomic E-state index is 5.84. The average molecular weight is 241 g/mol. The van der Waals surface area contributed by atoms with Gasteiger partial charge in [0.15, 0.2) is 5.88 Å². The van der Waals surface area contributed by atoms with Gasteiger partial charge in [-0.05, 0) is 19.9 Å². The number of aryl methyl sites for hydroxylation is 2. The van der Waals surface area contributed by atoms with Crippen LogP contribution in [-0.2, 0) is 7.05 Å². The molecule has 0 aliphatic rings. The lowest BCUT2D eigenvalue weighted by molar-refractivity contribution is 0.553. The Balaban J connectivity index is 2.39. The topological polar surface area (TPSA) is 57.0 Å². The normalized spacial score (nSPS) is 11.3. The summed E-state index contributed by atoms with van der Waals surface area (Å²) >= 11 is 0. The Morgan fingerprint density at radius 3 is 2.78 bits per heavy atom. The molecule has 0 saturated carbocycles. The molecule has 0 fully saturated rings. The minimum Gasteiger partial charge on any atom is -0.445 e. The number of fused-ring (bicyclic) bond motifs is 1. The smallest absolute Gasteiger partial charge is 0.194 e. The number of nitrogens with two attached hydrogens (primary N) is 1. The van der Waals surface area contributed by atoms with Gasteiger partial charge in [-0.3, -0.25) is 4.98 Å². The summed E-state index contributed by atoms with van der Waals surface area (Å²) in [6.07, 6.45) is 5.77. The second-order valence-corrected chi connectivity index (χ2v) is 4.57. The van der Waals surface area contributed by atoms with Gasteiger partial charge < -0.3 is 14.7 Å². The minimum absolute atomic E-state index is 0.494. The first-order chi connectivity index (χ1) is 8.59. The molecule has 0 aromatic carbocycles.